The van der Waals surface area contributed by atoms with Crippen LogP contribution in [0, 0.1) is 39.7 Å². The van der Waals surface area contributed by atoms with Gasteiger partial charge in [0, 0.05) is 30.8 Å². The summed E-state index contributed by atoms with van der Waals surface area (Å²) in [6.45, 7) is 0.107. The SMILES string of the molecule is O=C(Oc1ccc(N2C(=O)[C@@H]3[C@H]4CC[C@@H](C4)[C@H]3C2=O)cc1)[C@@H]1CC(=O)N(c2ccc([N+](=O)[O-])cc2)C1. The second kappa shape index (κ2) is 8.25. The Balaban J connectivity index is 1.11. The number of esters is 1. The molecule has 10 nitrogen and oxygen atoms in total. The maximum atomic E-state index is 13.0. The van der Waals surface area contributed by atoms with Gasteiger partial charge in [0.1, 0.15) is 5.75 Å². The predicted molar refractivity (Wildman–Crippen MR) is 126 cm³/mol. The highest BCUT2D eigenvalue weighted by Crippen LogP contribution is 2.56. The van der Waals surface area contributed by atoms with Gasteiger partial charge < -0.3 is 9.64 Å². The summed E-state index contributed by atoms with van der Waals surface area (Å²) in [7, 11) is 0. The molecule has 0 unspecified atom stereocenters. The number of carbonyl (C=O) groups is 4. The van der Waals surface area contributed by atoms with E-state index in [0.29, 0.717) is 23.2 Å². The third-order valence-electron chi connectivity index (χ3n) is 8.07. The van der Waals surface area contributed by atoms with E-state index in [0.717, 1.165) is 19.3 Å². The van der Waals surface area contributed by atoms with Gasteiger partial charge >= 0.3 is 5.97 Å². The topological polar surface area (TPSA) is 127 Å². The van der Waals surface area contributed by atoms with Crippen molar-refractivity contribution in [1.29, 1.82) is 0 Å². The molecule has 0 radical (unpaired) electrons. The highest BCUT2D eigenvalue weighted by molar-refractivity contribution is 6.22. The van der Waals surface area contributed by atoms with Crippen molar-refractivity contribution in [3.8, 4) is 5.75 Å². The number of hydrogen-bond donors (Lipinski definition) is 0. The first-order chi connectivity index (χ1) is 17.3. The first-order valence-electron chi connectivity index (χ1n) is 12.1. The van der Waals surface area contributed by atoms with E-state index in [2.05, 4.69) is 0 Å². The molecule has 4 fully saturated rings. The van der Waals surface area contributed by atoms with Crippen LogP contribution in [0.4, 0.5) is 17.1 Å². The standard InChI is InChI=1S/C26H23N3O7/c30-21-12-16(13-27(21)17-3-5-19(6-4-17)29(34)35)26(33)36-20-9-7-18(8-10-20)28-24(31)22-14-1-2-15(11-14)23(22)25(28)32/h3-10,14-16,22-23H,1-2,11-13H2/t14-,15-,16+,22+,23+/m0/s1. The molecule has 2 heterocycles. The minimum absolute atomic E-state index is 0.0319. The Hall–Kier alpha value is -4.08. The number of carbonyl (C=O) groups excluding carboxylic acids is 4. The fourth-order valence-corrected chi connectivity index (χ4v) is 6.40. The van der Waals surface area contributed by atoms with Crippen molar-refractivity contribution >= 4 is 40.8 Å². The summed E-state index contributed by atoms with van der Waals surface area (Å²) in [6, 6.07) is 11.9. The van der Waals surface area contributed by atoms with E-state index >= 15 is 0 Å². The molecule has 2 aliphatic carbocycles. The molecule has 2 aromatic carbocycles. The molecule has 36 heavy (non-hydrogen) atoms. The highest BCUT2D eigenvalue weighted by atomic mass is 16.6. The third kappa shape index (κ3) is 3.47. The van der Waals surface area contributed by atoms with Gasteiger partial charge in [-0.25, -0.2) is 0 Å². The second-order valence-electron chi connectivity index (χ2n) is 9.99. The summed E-state index contributed by atoms with van der Waals surface area (Å²) in [5.74, 6) is -1.32. The highest BCUT2D eigenvalue weighted by Gasteiger charge is 2.61. The van der Waals surface area contributed by atoms with E-state index in [1.807, 2.05) is 0 Å². The van der Waals surface area contributed by atoms with Gasteiger partial charge in [0.2, 0.25) is 17.7 Å². The van der Waals surface area contributed by atoms with Crippen molar-refractivity contribution in [2.75, 3.05) is 16.3 Å². The number of non-ortho nitro benzene ring substituents is 1. The van der Waals surface area contributed by atoms with Crippen molar-refractivity contribution in [2.24, 2.45) is 29.6 Å². The summed E-state index contributed by atoms with van der Waals surface area (Å²) in [5, 5.41) is 10.8. The molecule has 4 aliphatic rings. The zero-order valence-electron chi connectivity index (χ0n) is 19.2. The Kier molecular flexibility index (Phi) is 5.13. The summed E-state index contributed by atoms with van der Waals surface area (Å²) in [6.07, 6.45) is 2.97. The van der Waals surface area contributed by atoms with Gasteiger partial charge in [-0.3, -0.25) is 34.2 Å². The molecular weight excluding hydrogens is 466 g/mol. The number of nitro groups is 1. The first kappa shape index (κ1) is 22.4. The number of nitro benzene ring substituents is 1. The molecule has 10 heteroatoms. The van der Waals surface area contributed by atoms with Gasteiger partial charge in [0.15, 0.2) is 0 Å². The van der Waals surface area contributed by atoms with Crippen LogP contribution in [0.3, 0.4) is 0 Å². The van der Waals surface area contributed by atoms with E-state index in [-0.39, 0.29) is 54.0 Å². The number of ether oxygens (including phenoxy) is 1. The maximum absolute atomic E-state index is 13.0. The van der Waals surface area contributed by atoms with Crippen LogP contribution >= 0.6 is 0 Å². The zero-order valence-corrected chi connectivity index (χ0v) is 19.2. The lowest BCUT2D eigenvalue weighted by Gasteiger charge is -2.19. The van der Waals surface area contributed by atoms with Crippen molar-refractivity contribution in [2.45, 2.75) is 25.7 Å². The van der Waals surface area contributed by atoms with Gasteiger partial charge in [-0.1, -0.05) is 0 Å². The van der Waals surface area contributed by atoms with Gasteiger partial charge in [-0.15, -0.1) is 0 Å². The van der Waals surface area contributed by atoms with Gasteiger partial charge in [-0.2, -0.15) is 0 Å². The van der Waals surface area contributed by atoms with Crippen molar-refractivity contribution in [3.63, 3.8) is 0 Å². The molecule has 2 aromatic rings. The molecule has 2 bridgehead atoms. The lowest BCUT2D eigenvalue weighted by Crippen LogP contribution is -2.32. The minimum atomic E-state index is -0.691. The fraction of sp³-hybridized carbons (Fsp3) is 0.385. The van der Waals surface area contributed by atoms with Crippen LogP contribution in [-0.2, 0) is 19.2 Å². The normalized spacial score (nSPS) is 28.7. The smallest absolute Gasteiger partial charge is 0.316 e. The third-order valence-corrected chi connectivity index (χ3v) is 8.07. The average molecular weight is 489 g/mol. The largest absolute Gasteiger partial charge is 0.426 e. The molecule has 2 aliphatic heterocycles. The Morgan fingerprint density at radius 1 is 0.889 bits per heavy atom. The molecule has 6 rings (SSSR count). The quantitative estimate of drug-likeness (QED) is 0.208. The zero-order chi connectivity index (χ0) is 25.1. The number of anilines is 2. The van der Waals surface area contributed by atoms with E-state index in [9.17, 15) is 29.3 Å². The van der Waals surface area contributed by atoms with Crippen LogP contribution in [0.1, 0.15) is 25.7 Å². The van der Waals surface area contributed by atoms with E-state index in [4.69, 9.17) is 4.74 Å². The molecule has 184 valence electrons. The molecule has 2 saturated carbocycles. The molecule has 0 aromatic heterocycles. The lowest BCUT2D eigenvalue weighted by atomic mass is 9.81. The predicted octanol–water partition coefficient (Wildman–Crippen LogP) is 3.09. The summed E-state index contributed by atoms with van der Waals surface area (Å²) in [5.41, 5.74) is 0.861. The number of imide groups is 1. The molecule has 3 amide bonds. The number of rotatable bonds is 5. The van der Waals surface area contributed by atoms with E-state index in [1.54, 1.807) is 24.3 Å². The Labute approximate surface area is 206 Å². The summed E-state index contributed by atoms with van der Waals surface area (Å²) < 4.78 is 5.48. The van der Waals surface area contributed by atoms with Crippen LogP contribution < -0.4 is 14.5 Å². The second-order valence-corrected chi connectivity index (χ2v) is 9.99. The summed E-state index contributed by atoms with van der Waals surface area (Å²) in [4.78, 5) is 64.2. The number of amides is 3. The van der Waals surface area contributed by atoms with Gasteiger partial charge in [0.05, 0.1) is 28.4 Å². The van der Waals surface area contributed by atoms with Crippen molar-refractivity contribution in [3.05, 3.63) is 58.6 Å². The fourth-order valence-electron chi connectivity index (χ4n) is 6.40. The molecule has 2 saturated heterocycles. The lowest BCUT2D eigenvalue weighted by molar-refractivity contribution is -0.384. The van der Waals surface area contributed by atoms with Crippen LogP contribution in [0.5, 0.6) is 5.75 Å². The first-order valence-corrected chi connectivity index (χ1v) is 12.1. The Morgan fingerprint density at radius 3 is 2.06 bits per heavy atom. The molecular formula is C26H23N3O7. The number of hydrogen-bond acceptors (Lipinski definition) is 7. The summed E-state index contributed by atoms with van der Waals surface area (Å²) >= 11 is 0. The number of benzene rings is 2. The van der Waals surface area contributed by atoms with Crippen LogP contribution in [0.2, 0.25) is 0 Å². The van der Waals surface area contributed by atoms with E-state index < -0.39 is 16.8 Å². The molecule has 5 atom stereocenters. The molecule has 0 spiro atoms. The van der Waals surface area contributed by atoms with Gasteiger partial charge in [0.25, 0.3) is 5.69 Å². The number of fused-ring (bicyclic) bond motifs is 5. The van der Waals surface area contributed by atoms with Gasteiger partial charge in [-0.05, 0) is 67.5 Å². The van der Waals surface area contributed by atoms with Crippen molar-refractivity contribution < 1.29 is 28.8 Å². The average Bonchev–Trinajstić information content (AvgIpc) is 3.63. The Bertz CT molecular complexity index is 1260. The Morgan fingerprint density at radius 2 is 1.47 bits per heavy atom. The minimum Gasteiger partial charge on any atom is -0.426 e. The van der Waals surface area contributed by atoms with Crippen molar-refractivity contribution in [1.82, 2.24) is 0 Å². The van der Waals surface area contributed by atoms with E-state index in [1.165, 1.54) is 34.1 Å². The van der Waals surface area contributed by atoms with Crippen LogP contribution in [0.15, 0.2) is 48.5 Å². The maximum Gasteiger partial charge on any atom is 0.316 e. The van der Waals surface area contributed by atoms with Crippen LogP contribution in [0.25, 0.3) is 0 Å². The number of nitrogens with zero attached hydrogens (tertiary/aromatic N) is 3. The van der Waals surface area contributed by atoms with Crippen LogP contribution in [-0.4, -0.2) is 35.2 Å². The molecule has 0 N–H and O–H groups in total. The monoisotopic (exact) mass is 489 g/mol.